The molecule has 1 aromatic carbocycles. The SMILES string of the molecule is CC(=O)c1cccc(N/C=C(/C#N)C(=O)N2CC(C)OC(C)C2)c1. The molecule has 6 heteroatoms. The summed E-state index contributed by atoms with van der Waals surface area (Å²) in [5.41, 5.74) is 1.23. The van der Waals surface area contributed by atoms with Crippen LogP contribution < -0.4 is 5.32 Å². The molecule has 0 saturated carbocycles. The van der Waals surface area contributed by atoms with E-state index in [1.807, 2.05) is 19.9 Å². The van der Waals surface area contributed by atoms with Crippen LogP contribution in [0.25, 0.3) is 0 Å². The number of nitrogens with one attached hydrogen (secondary N) is 1. The molecule has 1 N–H and O–H groups in total. The number of nitriles is 1. The first-order valence-electron chi connectivity index (χ1n) is 7.83. The molecule has 2 atom stereocenters. The Labute approximate surface area is 141 Å². The van der Waals surface area contributed by atoms with Crippen LogP contribution in [0.2, 0.25) is 0 Å². The van der Waals surface area contributed by atoms with E-state index in [0.29, 0.717) is 24.3 Å². The lowest BCUT2D eigenvalue weighted by Crippen LogP contribution is -2.48. The molecular weight excluding hydrogens is 306 g/mol. The van der Waals surface area contributed by atoms with Crippen molar-refractivity contribution in [2.24, 2.45) is 0 Å². The average molecular weight is 327 g/mol. The Kier molecular flexibility index (Phi) is 5.72. The highest BCUT2D eigenvalue weighted by atomic mass is 16.5. The van der Waals surface area contributed by atoms with Gasteiger partial charge in [0.2, 0.25) is 0 Å². The fourth-order valence-corrected chi connectivity index (χ4v) is 2.64. The Bertz CT molecular complexity index is 696. The maximum absolute atomic E-state index is 12.5. The van der Waals surface area contributed by atoms with Crippen LogP contribution in [0.3, 0.4) is 0 Å². The van der Waals surface area contributed by atoms with Crippen LogP contribution in [0.5, 0.6) is 0 Å². The van der Waals surface area contributed by atoms with E-state index in [-0.39, 0.29) is 29.5 Å². The summed E-state index contributed by atoms with van der Waals surface area (Å²) in [5, 5.41) is 12.2. The van der Waals surface area contributed by atoms with Crippen molar-refractivity contribution in [1.29, 1.82) is 5.26 Å². The maximum atomic E-state index is 12.5. The minimum Gasteiger partial charge on any atom is -0.372 e. The number of carbonyl (C=O) groups excluding carboxylic acids is 2. The van der Waals surface area contributed by atoms with Gasteiger partial charge in [0.25, 0.3) is 5.91 Å². The molecule has 1 aromatic rings. The lowest BCUT2D eigenvalue weighted by Gasteiger charge is -2.35. The highest BCUT2D eigenvalue weighted by molar-refractivity contribution is 5.98. The van der Waals surface area contributed by atoms with Crippen LogP contribution in [0.4, 0.5) is 5.69 Å². The molecule has 0 aromatic heterocycles. The number of ketones is 1. The number of hydrogen-bond donors (Lipinski definition) is 1. The van der Waals surface area contributed by atoms with Gasteiger partial charge in [0.15, 0.2) is 5.78 Å². The van der Waals surface area contributed by atoms with Gasteiger partial charge < -0.3 is 15.0 Å². The molecule has 1 aliphatic rings. The van der Waals surface area contributed by atoms with Crippen molar-refractivity contribution in [3.05, 3.63) is 41.6 Å². The van der Waals surface area contributed by atoms with E-state index < -0.39 is 0 Å². The first kappa shape index (κ1) is 17.7. The van der Waals surface area contributed by atoms with E-state index in [9.17, 15) is 14.9 Å². The minimum absolute atomic E-state index is 0.0181. The Balaban J connectivity index is 2.11. The average Bonchev–Trinajstić information content (AvgIpc) is 2.54. The minimum atomic E-state index is -0.324. The number of benzene rings is 1. The number of carbonyl (C=O) groups is 2. The zero-order chi connectivity index (χ0) is 17.7. The van der Waals surface area contributed by atoms with Gasteiger partial charge in [0.05, 0.1) is 12.2 Å². The largest absolute Gasteiger partial charge is 0.372 e. The van der Waals surface area contributed by atoms with Crippen LogP contribution in [-0.4, -0.2) is 41.9 Å². The Morgan fingerprint density at radius 1 is 1.33 bits per heavy atom. The van der Waals surface area contributed by atoms with Crippen molar-refractivity contribution in [2.75, 3.05) is 18.4 Å². The first-order valence-corrected chi connectivity index (χ1v) is 7.83. The number of rotatable bonds is 4. The van der Waals surface area contributed by atoms with E-state index in [4.69, 9.17) is 4.74 Å². The van der Waals surface area contributed by atoms with Gasteiger partial charge in [0.1, 0.15) is 11.6 Å². The predicted molar refractivity (Wildman–Crippen MR) is 90.4 cm³/mol. The van der Waals surface area contributed by atoms with Crippen LogP contribution in [0, 0.1) is 11.3 Å². The number of anilines is 1. The van der Waals surface area contributed by atoms with Crippen LogP contribution in [0.1, 0.15) is 31.1 Å². The van der Waals surface area contributed by atoms with Crippen molar-refractivity contribution in [2.45, 2.75) is 33.0 Å². The Morgan fingerprint density at radius 3 is 2.58 bits per heavy atom. The first-order chi connectivity index (χ1) is 11.4. The summed E-state index contributed by atoms with van der Waals surface area (Å²) in [6.07, 6.45) is 1.27. The van der Waals surface area contributed by atoms with Gasteiger partial charge >= 0.3 is 0 Å². The molecule has 24 heavy (non-hydrogen) atoms. The summed E-state index contributed by atoms with van der Waals surface area (Å²) < 4.78 is 5.60. The zero-order valence-electron chi connectivity index (χ0n) is 14.1. The van der Waals surface area contributed by atoms with E-state index in [2.05, 4.69) is 5.32 Å². The van der Waals surface area contributed by atoms with Gasteiger partial charge in [-0.2, -0.15) is 5.26 Å². The van der Waals surface area contributed by atoms with Crippen LogP contribution >= 0.6 is 0 Å². The van der Waals surface area contributed by atoms with Gasteiger partial charge in [-0.15, -0.1) is 0 Å². The summed E-state index contributed by atoms with van der Waals surface area (Å²) in [7, 11) is 0. The third-order valence-corrected chi connectivity index (χ3v) is 3.71. The molecular formula is C18H21N3O3. The molecule has 2 unspecified atom stereocenters. The summed E-state index contributed by atoms with van der Waals surface area (Å²) in [6, 6.07) is 8.83. The number of hydrogen-bond acceptors (Lipinski definition) is 5. The van der Waals surface area contributed by atoms with Gasteiger partial charge in [-0.3, -0.25) is 9.59 Å². The van der Waals surface area contributed by atoms with Crippen molar-refractivity contribution in [3.63, 3.8) is 0 Å². The van der Waals surface area contributed by atoms with Crippen LogP contribution in [-0.2, 0) is 9.53 Å². The van der Waals surface area contributed by atoms with Gasteiger partial charge in [-0.1, -0.05) is 12.1 Å². The lowest BCUT2D eigenvalue weighted by atomic mass is 10.1. The fourth-order valence-electron chi connectivity index (χ4n) is 2.64. The number of ether oxygens (including phenoxy) is 1. The molecule has 0 spiro atoms. The highest BCUT2D eigenvalue weighted by Crippen LogP contribution is 2.15. The van der Waals surface area contributed by atoms with Gasteiger partial charge in [-0.05, 0) is 32.9 Å². The molecule has 2 rings (SSSR count). The van der Waals surface area contributed by atoms with Gasteiger partial charge in [-0.25, -0.2) is 0 Å². The highest BCUT2D eigenvalue weighted by Gasteiger charge is 2.27. The Morgan fingerprint density at radius 2 is 2.00 bits per heavy atom. The normalized spacial score (nSPS) is 21.1. The smallest absolute Gasteiger partial charge is 0.266 e. The summed E-state index contributed by atoms with van der Waals surface area (Å²) in [5.74, 6) is -0.370. The van der Waals surface area contributed by atoms with E-state index in [1.165, 1.54) is 13.1 Å². The Hall–Kier alpha value is -2.65. The number of nitrogens with zero attached hydrogens (tertiary/aromatic N) is 2. The quantitative estimate of drug-likeness (QED) is 0.521. The maximum Gasteiger partial charge on any atom is 0.266 e. The molecule has 1 amide bonds. The third kappa shape index (κ3) is 4.43. The molecule has 1 aliphatic heterocycles. The number of Topliss-reactive ketones (excluding diaryl/α,β-unsaturated/α-hetero) is 1. The second-order valence-corrected chi connectivity index (χ2v) is 5.92. The van der Waals surface area contributed by atoms with Gasteiger partial charge in [0, 0.05) is 30.5 Å². The van der Waals surface area contributed by atoms with Crippen molar-refractivity contribution < 1.29 is 14.3 Å². The molecule has 126 valence electrons. The standard InChI is InChI=1S/C18H21N3O3/c1-12-10-21(11-13(2)24-12)18(23)16(8-19)9-20-17-6-4-5-15(7-17)14(3)22/h4-7,9,12-13,20H,10-11H2,1-3H3/b16-9-. The summed E-state index contributed by atoms with van der Waals surface area (Å²) in [4.78, 5) is 25.5. The predicted octanol–water partition coefficient (Wildman–Crippen LogP) is 2.34. The molecule has 6 nitrogen and oxygen atoms in total. The third-order valence-electron chi connectivity index (χ3n) is 3.71. The molecule has 0 bridgehead atoms. The summed E-state index contributed by atoms with van der Waals surface area (Å²) in [6.45, 7) is 6.21. The molecule has 1 heterocycles. The summed E-state index contributed by atoms with van der Waals surface area (Å²) >= 11 is 0. The van der Waals surface area contributed by atoms with Crippen molar-refractivity contribution >= 4 is 17.4 Å². The zero-order valence-corrected chi connectivity index (χ0v) is 14.1. The monoisotopic (exact) mass is 327 g/mol. The van der Waals surface area contributed by atoms with Crippen molar-refractivity contribution in [3.8, 4) is 6.07 Å². The molecule has 0 aliphatic carbocycles. The van der Waals surface area contributed by atoms with E-state index >= 15 is 0 Å². The van der Waals surface area contributed by atoms with Crippen LogP contribution in [0.15, 0.2) is 36.0 Å². The fraction of sp³-hybridized carbons (Fsp3) is 0.389. The lowest BCUT2D eigenvalue weighted by molar-refractivity contribution is -0.138. The number of amides is 1. The topological polar surface area (TPSA) is 82.4 Å². The molecule has 1 fully saturated rings. The molecule has 1 saturated heterocycles. The van der Waals surface area contributed by atoms with E-state index in [0.717, 1.165) is 0 Å². The van der Waals surface area contributed by atoms with E-state index in [1.54, 1.807) is 29.2 Å². The van der Waals surface area contributed by atoms with Crippen molar-refractivity contribution in [1.82, 2.24) is 4.90 Å². The molecule has 0 radical (unpaired) electrons. The second-order valence-electron chi connectivity index (χ2n) is 5.92. The number of morpholine rings is 1. The second kappa shape index (κ2) is 7.75.